The molecule has 92 valence electrons. The molecule has 1 aliphatic heterocycles. The standard InChI is InChI=1S/C13H16O4/c1-16-8-2-3-9-10(4-8)11-5-13(6-14,7-17-11)12(9)15/h2-4,11-12,14-15H,5-7H2,1H3/t11-,12+,13+/m0/s1. The second kappa shape index (κ2) is 3.70. The molecule has 2 aliphatic rings. The van der Waals surface area contributed by atoms with Gasteiger partial charge in [0.2, 0.25) is 0 Å². The SMILES string of the molecule is COc1ccc2c(c1)[C@@H]1C[C@@](CO)(CO1)[C@@H]2O. The first-order valence-electron chi connectivity index (χ1n) is 5.78. The van der Waals surface area contributed by atoms with E-state index in [9.17, 15) is 10.2 Å². The highest BCUT2D eigenvalue weighted by Gasteiger charge is 2.51. The lowest BCUT2D eigenvalue weighted by Crippen LogP contribution is -2.35. The van der Waals surface area contributed by atoms with Crippen molar-refractivity contribution in [3.05, 3.63) is 29.3 Å². The number of fused-ring (bicyclic) bond motifs is 4. The number of ether oxygens (including phenoxy) is 2. The Kier molecular flexibility index (Phi) is 2.40. The van der Waals surface area contributed by atoms with Crippen molar-refractivity contribution in [2.24, 2.45) is 5.41 Å². The maximum Gasteiger partial charge on any atom is 0.119 e. The normalized spacial score (nSPS) is 34.5. The summed E-state index contributed by atoms with van der Waals surface area (Å²) in [6, 6.07) is 5.61. The second-order valence-electron chi connectivity index (χ2n) is 4.92. The number of aliphatic hydroxyl groups excluding tert-OH is 2. The Morgan fingerprint density at radius 3 is 3.00 bits per heavy atom. The summed E-state index contributed by atoms with van der Waals surface area (Å²) in [5.41, 5.74) is 1.32. The summed E-state index contributed by atoms with van der Waals surface area (Å²) in [7, 11) is 1.62. The fourth-order valence-corrected chi connectivity index (χ4v) is 2.88. The van der Waals surface area contributed by atoms with Crippen LogP contribution in [0.2, 0.25) is 0 Å². The average molecular weight is 236 g/mol. The quantitative estimate of drug-likeness (QED) is 0.809. The van der Waals surface area contributed by atoms with E-state index in [1.807, 2.05) is 18.2 Å². The van der Waals surface area contributed by atoms with Gasteiger partial charge in [-0.05, 0) is 29.7 Å². The lowest BCUT2D eigenvalue weighted by atomic mass is 9.71. The highest BCUT2D eigenvalue weighted by Crippen LogP contribution is 2.55. The van der Waals surface area contributed by atoms with Crippen LogP contribution in [0, 0.1) is 5.41 Å². The Labute approximate surface area is 99.8 Å². The van der Waals surface area contributed by atoms with Gasteiger partial charge < -0.3 is 19.7 Å². The number of rotatable bonds is 2. The van der Waals surface area contributed by atoms with Crippen LogP contribution in [-0.4, -0.2) is 30.5 Å². The van der Waals surface area contributed by atoms with Gasteiger partial charge in [0.05, 0.1) is 32.5 Å². The molecule has 1 saturated heterocycles. The summed E-state index contributed by atoms with van der Waals surface area (Å²) in [4.78, 5) is 0. The number of hydrogen-bond acceptors (Lipinski definition) is 4. The van der Waals surface area contributed by atoms with E-state index in [2.05, 4.69) is 0 Å². The summed E-state index contributed by atoms with van der Waals surface area (Å²) in [5.74, 6) is 0.767. The highest BCUT2D eigenvalue weighted by molar-refractivity contribution is 5.42. The fraction of sp³-hybridized carbons (Fsp3) is 0.538. The molecule has 3 rings (SSSR count). The van der Waals surface area contributed by atoms with Crippen molar-refractivity contribution < 1.29 is 19.7 Å². The van der Waals surface area contributed by atoms with E-state index >= 15 is 0 Å². The molecule has 0 aromatic heterocycles. The smallest absolute Gasteiger partial charge is 0.119 e. The van der Waals surface area contributed by atoms with Crippen LogP contribution < -0.4 is 4.74 Å². The molecular weight excluding hydrogens is 220 g/mol. The third-order valence-corrected chi connectivity index (χ3v) is 3.99. The van der Waals surface area contributed by atoms with E-state index in [0.717, 1.165) is 16.9 Å². The zero-order chi connectivity index (χ0) is 12.0. The number of benzene rings is 1. The molecule has 1 heterocycles. The Bertz CT molecular complexity index is 445. The van der Waals surface area contributed by atoms with Crippen molar-refractivity contribution in [3.8, 4) is 5.75 Å². The first kappa shape index (κ1) is 11.0. The molecule has 3 atom stereocenters. The summed E-state index contributed by atoms with van der Waals surface area (Å²) in [6.45, 7) is 0.364. The van der Waals surface area contributed by atoms with Gasteiger partial charge in [-0.15, -0.1) is 0 Å². The van der Waals surface area contributed by atoms with Gasteiger partial charge in [0, 0.05) is 5.41 Å². The Hall–Kier alpha value is -1.10. The molecule has 1 fully saturated rings. The molecule has 1 aromatic carbocycles. The van der Waals surface area contributed by atoms with Gasteiger partial charge in [-0.1, -0.05) is 6.07 Å². The Balaban J connectivity index is 2.10. The van der Waals surface area contributed by atoms with E-state index in [-0.39, 0.29) is 12.7 Å². The molecule has 1 aromatic rings. The van der Waals surface area contributed by atoms with Crippen LogP contribution in [0.15, 0.2) is 18.2 Å². The first-order chi connectivity index (χ1) is 8.20. The van der Waals surface area contributed by atoms with E-state index < -0.39 is 11.5 Å². The van der Waals surface area contributed by atoms with Crippen LogP contribution in [-0.2, 0) is 4.74 Å². The summed E-state index contributed by atoms with van der Waals surface area (Å²) >= 11 is 0. The lowest BCUT2D eigenvalue weighted by Gasteiger charge is -2.35. The topological polar surface area (TPSA) is 58.9 Å². The maximum absolute atomic E-state index is 10.4. The van der Waals surface area contributed by atoms with Gasteiger partial charge in [-0.3, -0.25) is 0 Å². The van der Waals surface area contributed by atoms with Crippen molar-refractivity contribution in [3.63, 3.8) is 0 Å². The van der Waals surface area contributed by atoms with Crippen molar-refractivity contribution in [2.45, 2.75) is 18.6 Å². The summed E-state index contributed by atoms with van der Waals surface area (Å²) < 4.78 is 10.9. The monoisotopic (exact) mass is 236 g/mol. The van der Waals surface area contributed by atoms with Crippen LogP contribution in [0.1, 0.15) is 29.8 Å². The zero-order valence-corrected chi connectivity index (χ0v) is 9.72. The summed E-state index contributed by atoms with van der Waals surface area (Å²) in [6.07, 6.45) is -0.0204. The minimum Gasteiger partial charge on any atom is -0.497 e. The molecule has 17 heavy (non-hydrogen) atoms. The largest absolute Gasteiger partial charge is 0.497 e. The van der Waals surface area contributed by atoms with Gasteiger partial charge in [-0.2, -0.15) is 0 Å². The van der Waals surface area contributed by atoms with Crippen LogP contribution in [0.4, 0.5) is 0 Å². The van der Waals surface area contributed by atoms with E-state index in [4.69, 9.17) is 9.47 Å². The van der Waals surface area contributed by atoms with Crippen LogP contribution in [0.3, 0.4) is 0 Å². The van der Waals surface area contributed by atoms with E-state index in [1.54, 1.807) is 7.11 Å². The highest BCUT2D eigenvalue weighted by atomic mass is 16.5. The minimum absolute atomic E-state index is 0.0318. The third-order valence-electron chi connectivity index (χ3n) is 3.99. The lowest BCUT2D eigenvalue weighted by molar-refractivity contribution is -0.0234. The Morgan fingerprint density at radius 1 is 1.47 bits per heavy atom. The molecule has 0 spiro atoms. The van der Waals surface area contributed by atoms with Gasteiger partial charge in [0.1, 0.15) is 5.75 Å². The number of aliphatic hydroxyl groups is 2. The van der Waals surface area contributed by atoms with Crippen LogP contribution in [0.5, 0.6) is 5.75 Å². The van der Waals surface area contributed by atoms with Gasteiger partial charge >= 0.3 is 0 Å². The molecule has 4 heteroatoms. The van der Waals surface area contributed by atoms with Crippen LogP contribution in [0.25, 0.3) is 0 Å². The minimum atomic E-state index is -0.660. The molecule has 0 radical (unpaired) electrons. The third kappa shape index (κ3) is 1.41. The molecule has 0 amide bonds. The summed E-state index contributed by atoms with van der Waals surface area (Å²) in [5, 5.41) is 19.9. The number of methoxy groups -OCH3 is 1. The molecular formula is C13H16O4. The van der Waals surface area contributed by atoms with E-state index in [0.29, 0.717) is 13.0 Å². The second-order valence-corrected chi connectivity index (χ2v) is 4.92. The van der Waals surface area contributed by atoms with Crippen molar-refractivity contribution in [1.29, 1.82) is 0 Å². The molecule has 0 saturated carbocycles. The molecule has 1 aliphatic carbocycles. The molecule has 2 N–H and O–H groups in total. The molecule has 0 unspecified atom stereocenters. The Morgan fingerprint density at radius 2 is 2.29 bits per heavy atom. The fourth-order valence-electron chi connectivity index (χ4n) is 2.88. The van der Waals surface area contributed by atoms with Gasteiger partial charge in [-0.25, -0.2) is 0 Å². The molecule has 2 bridgehead atoms. The van der Waals surface area contributed by atoms with E-state index in [1.165, 1.54) is 0 Å². The van der Waals surface area contributed by atoms with Crippen molar-refractivity contribution in [2.75, 3.05) is 20.3 Å². The number of hydrogen-bond donors (Lipinski definition) is 2. The molecule has 4 nitrogen and oxygen atoms in total. The zero-order valence-electron chi connectivity index (χ0n) is 9.72. The van der Waals surface area contributed by atoms with Crippen molar-refractivity contribution >= 4 is 0 Å². The first-order valence-corrected chi connectivity index (χ1v) is 5.78. The maximum atomic E-state index is 10.4. The predicted molar refractivity (Wildman–Crippen MR) is 60.8 cm³/mol. The van der Waals surface area contributed by atoms with Gasteiger partial charge in [0.25, 0.3) is 0 Å². The van der Waals surface area contributed by atoms with Gasteiger partial charge in [0.15, 0.2) is 0 Å². The van der Waals surface area contributed by atoms with Crippen LogP contribution >= 0.6 is 0 Å². The predicted octanol–water partition coefficient (Wildman–Crippen LogP) is 1.18. The van der Waals surface area contributed by atoms with Crippen molar-refractivity contribution in [1.82, 2.24) is 0 Å². The average Bonchev–Trinajstić information content (AvgIpc) is 2.78.